The molecule has 1 aromatic carbocycles. The van der Waals surface area contributed by atoms with E-state index in [2.05, 4.69) is 16.3 Å². The van der Waals surface area contributed by atoms with Gasteiger partial charge in [-0.1, -0.05) is 23.2 Å². The molecule has 0 heterocycles. The van der Waals surface area contributed by atoms with Crippen LogP contribution in [0.5, 0.6) is 5.75 Å². The van der Waals surface area contributed by atoms with E-state index in [-0.39, 0.29) is 10.0 Å². The molecule has 1 unspecified atom stereocenters. The Bertz CT molecular complexity index is 391. The van der Waals surface area contributed by atoms with Crippen molar-refractivity contribution >= 4 is 34.8 Å². The van der Waals surface area contributed by atoms with Crippen molar-refractivity contribution < 1.29 is 22.3 Å². The lowest BCUT2D eigenvalue weighted by Crippen LogP contribution is -2.40. The summed E-state index contributed by atoms with van der Waals surface area (Å²) in [6.45, 7) is 0. The molecule has 0 bridgehead atoms. The first-order valence-corrected chi connectivity index (χ1v) is 4.85. The first kappa shape index (κ1) is 13.7. The van der Waals surface area contributed by atoms with Crippen LogP contribution in [0.4, 0.5) is 17.6 Å². The van der Waals surface area contributed by atoms with Crippen LogP contribution in [0, 0.1) is 0 Å². The van der Waals surface area contributed by atoms with Crippen molar-refractivity contribution in [3.05, 3.63) is 28.2 Å². The van der Waals surface area contributed by atoms with Crippen LogP contribution in [0.2, 0.25) is 10.0 Å². The average molecular weight is 297 g/mol. The van der Waals surface area contributed by atoms with Gasteiger partial charge in [-0.3, -0.25) is 0 Å². The highest BCUT2D eigenvalue weighted by Crippen LogP contribution is 2.41. The molecule has 8 heteroatoms. The lowest BCUT2D eigenvalue weighted by atomic mass is 10.3. The molecule has 0 aliphatic carbocycles. The third kappa shape index (κ3) is 3.06. The quantitative estimate of drug-likeness (QED) is 0.563. The van der Waals surface area contributed by atoms with Gasteiger partial charge in [-0.25, -0.2) is 0 Å². The Morgan fingerprint density at radius 1 is 1.06 bits per heavy atom. The predicted molar refractivity (Wildman–Crippen MR) is 52.8 cm³/mol. The minimum absolute atomic E-state index is 0.170. The van der Waals surface area contributed by atoms with Gasteiger partial charge < -0.3 is 4.74 Å². The highest BCUT2D eigenvalue weighted by molar-refractivity contribution is 6.35. The summed E-state index contributed by atoms with van der Waals surface area (Å²) >= 11 is 15.5. The normalized spacial score (nSPS) is 15.7. The van der Waals surface area contributed by atoms with Crippen molar-refractivity contribution in [2.75, 3.05) is 0 Å². The van der Waals surface area contributed by atoms with Gasteiger partial charge in [-0.2, -0.15) is 17.6 Å². The molecule has 1 rings (SSSR count). The van der Waals surface area contributed by atoms with E-state index in [1.54, 1.807) is 0 Å². The monoisotopic (exact) mass is 296 g/mol. The van der Waals surface area contributed by atoms with Crippen LogP contribution in [0.1, 0.15) is 0 Å². The molecule has 0 aliphatic heterocycles. The van der Waals surface area contributed by atoms with Gasteiger partial charge in [0.15, 0.2) is 0 Å². The molecule has 1 atom stereocenters. The van der Waals surface area contributed by atoms with Gasteiger partial charge in [0.1, 0.15) is 5.75 Å². The van der Waals surface area contributed by atoms with Crippen LogP contribution < -0.4 is 4.74 Å². The second-order valence-electron chi connectivity index (χ2n) is 2.69. The second kappa shape index (κ2) is 4.47. The van der Waals surface area contributed by atoms with Crippen molar-refractivity contribution in [2.45, 2.75) is 11.5 Å². The molecule has 0 amide bonds. The number of alkyl halides is 5. The lowest BCUT2D eigenvalue weighted by Gasteiger charge is -2.22. The molecule has 90 valence electrons. The van der Waals surface area contributed by atoms with Crippen LogP contribution in [0.3, 0.4) is 0 Å². The largest absolute Gasteiger partial charge is 0.477 e. The zero-order valence-electron chi connectivity index (χ0n) is 7.29. The molecule has 1 nitrogen and oxygen atoms in total. The molecular weight excluding hydrogens is 294 g/mol. The van der Waals surface area contributed by atoms with Crippen molar-refractivity contribution in [1.82, 2.24) is 0 Å². The van der Waals surface area contributed by atoms with Gasteiger partial charge in [-0.15, -0.1) is 0 Å². The smallest absolute Gasteiger partial charge is 0.437 e. The summed E-state index contributed by atoms with van der Waals surface area (Å²) in [7, 11) is 0. The van der Waals surface area contributed by atoms with Crippen LogP contribution >= 0.6 is 34.8 Å². The molecule has 0 N–H and O–H groups in total. The Morgan fingerprint density at radius 2 is 1.62 bits per heavy atom. The Hall–Kier alpha value is -0.390. The van der Waals surface area contributed by atoms with Gasteiger partial charge in [-0.05, 0) is 29.8 Å². The maximum absolute atomic E-state index is 12.9. The van der Waals surface area contributed by atoms with Gasteiger partial charge in [0.25, 0.3) is 0 Å². The van der Waals surface area contributed by atoms with Crippen LogP contribution in [0.25, 0.3) is 0 Å². The molecule has 0 aliphatic rings. The summed E-state index contributed by atoms with van der Waals surface area (Å²) in [4.78, 5) is 0. The van der Waals surface area contributed by atoms with E-state index in [4.69, 9.17) is 23.2 Å². The summed E-state index contributed by atoms with van der Waals surface area (Å²) in [6, 6.07) is 3.26. The van der Waals surface area contributed by atoms with Gasteiger partial charge in [0.2, 0.25) is 0 Å². The molecule has 0 fully saturated rings. The molecular formula is C8H3Cl3F4O. The number of hydrogen-bond donors (Lipinski definition) is 0. The molecule has 0 aromatic heterocycles. The minimum Gasteiger partial charge on any atom is -0.437 e. The minimum atomic E-state index is -5.38. The van der Waals surface area contributed by atoms with E-state index in [1.165, 1.54) is 6.07 Å². The fourth-order valence-electron chi connectivity index (χ4n) is 0.754. The lowest BCUT2D eigenvalue weighted by molar-refractivity contribution is -0.260. The SMILES string of the molecule is FC(F)(F)C(F)(Cl)Oc1ccc(Cl)cc1Cl. The maximum Gasteiger partial charge on any atom is 0.477 e. The third-order valence-corrected chi connectivity index (χ3v) is 2.28. The summed E-state index contributed by atoms with van der Waals surface area (Å²) in [5, 5.41) is -4.44. The summed E-state index contributed by atoms with van der Waals surface area (Å²) in [5.41, 5.74) is 0. The van der Waals surface area contributed by atoms with Gasteiger partial charge >= 0.3 is 11.5 Å². The zero-order chi connectivity index (χ0) is 12.6. The molecule has 1 aromatic rings. The third-order valence-electron chi connectivity index (χ3n) is 1.46. The van der Waals surface area contributed by atoms with E-state index in [0.717, 1.165) is 12.1 Å². The Morgan fingerprint density at radius 3 is 2.06 bits per heavy atom. The molecule has 16 heavy (non-hydrogen) atoms. The van der Waals surface area contributed by atoms with Gasteiger partial charge in [0, 0.05) is 5.02 Å². The highest BCUT2D eigenvalue weighted by atomic mass is 35.5. The Labute approximate surface area is 103 Å². The molecule has 0 radical (unpaired) electrons. The Kier molecular flexibility index (Phi) is 3.82. The maximum atomic E-state index is 12.9. The van der Waals surface area contributed by atoms with E-state index in [9.17, 15) is 17.6 Å². The fraction of sp³-hybridized carbons (Fsp3) is 0.250. The number of rotatable bonds is 2. The van der Waals surface area contributed by atoms with Crippen molar-refractivity contribution in [3.63, 3.8) is 0 Å². The number of halogens is 7. The highest BCUT2D eigenvalue weighted by Gasteiger charge is 2.58. The number of ether oxygens (including phenoxy) is 1. The van der Waals surface area contributed by atoms with Crippen LogP contribution in [-0.4, -0.2) is 11.5 Å². The number of benzene rings is 1. The van der Waals surface area contributed by atoms with Crippen molar-refractivity contribution in [1.29, 1.82) is 0 Å². The molecule has 0 spiro atoms. The average Bonchev–Trinajstić information content (AvgIpc) is 2.08. The fourth-order valence-corrected chi connectivity index (χ4v) is 1.28. The van der Waals surface area contributed by atoms with Crippen molar-refractivity contribution in [3.8, 4) is 5.75 Å². The molecule has 0 saturated carbocycles. The predicted octanol–water partition coefficient (Wildman–Crippen LogP) is 4.80. The van der Waals surface area contributed by atoms with Crippen LogP contribution in [0.15, 0.2) is 18.2 Å². The molecule has 0 saturated heterocycles. The van der Waals surface area contributed by atoms with Crippen LogP contribution in [-0.2, 0) is 0 Å². The van der Waals surface area contributed by atoms with E-state index >= 15 is 0 Å². The van der Waals surface area contributed by atoms with Gasteiger partial charge in [0.05, 0.1) is 5.02 Å². The first-order chi connectivity index (χ1) is 7.13. The topological polar surface area (TPSA) is 9.23 Å². The second-order valence-corrected chi connectivity index (χ2v) is 4.02. The Balaban J connectivity index is 2.97. The zero-order valence-corrected chi connectivity index (χ0v) is 9.55. The number of hydrogen-bond acceptors (Lipinski definition) is 1. The van der Waals surface area contributed by atoms with E-state index in [0.29, 0.717) is 0 Å². The summed E-state index contributed by atoms with van der Waals surface area (Å²) < 4.78 is 52.9. The van der Waals surface area contributed by atoms with E-state index in [1.807, 2.05) is 0 Å². The van der Waals surface area contributed by atoms with Crippen molar-refractivity contribution in [2.24, 2.45) is 0 Å². The summed E-state index contributed by atoms with van der Waals surface area (Å²) in [6.07, 6.45) is -5.38. The first-order valence-electron chi connectivity index (χ1n) is 3.72. The standard InChI is InChI=1S/C8H3Cl3F4O/c9-4-1-2-6(5(10)3-4)16-7(11,12)8(13,14)15/h1-3H. The summed E-state index contributed by atoms with van der Waals surface area (Å²) in [5.74, 6) is -0.555. The van der Waals surface area contributed by atoms with E-state index < -0.39 is 17.2 Å².